The summed E-state index contributed by atoms with van der Waals surface area (Å²) < 4.78 is 50.2. The van der Waals surface area contributed by atoms with Crippen LogP contribution in [0, 0.1) is 0 Å². The number of likely N-dealkylation sites (tertiary alicyclic amines) is 1. The highest BCUT2D eigenvalue weighted by atomic mass is 19.4. The first-order chi connectivity index (χ1) is 14.9. The van der Waals surface area contributed by atoms with Crippen LogP contribution in [0.25, 0.3) is 6.08 Å². The molecule has 0 N–H and O–H groups in total. The quantitative estimate of drug-likeness (QED) is 0.622. The number of aryl methyl sites for hydroxylation is 1. The highest BCUT2D eigenvalue weighted by Crippen LogP contribution is 2.30. The largest absolute Gasteiger partial charge is 0.473 e. The molecular weight excluding hydrogens is 423 g/mol. The average molecular weight is 451 g/mol. The molecule has 2 heterocycles. The van der Waals surface area contributed by atoms with Crippen LogP contribution < -0.4 is 4.74 Å². The van der Waals surface area contributed by atoms with Gasteiger partial charge in [0, 0.05) is 26.2 Å². The Morgan fingerprint density at radius 1 is 1.12 bits per heavy atom. The number of rotatable bonds is 4. The molecule has 1 aromatic carbocycles. The monoisotopic (exact) mass is 451 g/mol. The Balaban J connectivity index is 1.53. The summed E-state index contributed by atoms with van der Waals surface area (Å²) in [5.41, 5.74) is 1.63. The Kier molecular flexibility index (Phi) is 6.85. The van der Waals surface area contributed by atoms with Crippen molar-refractivity contribution in [3.63, 3.8) is 0 Å². The van der Waals surface area contributed by atoms with Crippen LogP contribution in [0.4, 0.5) is 18.0 Å². The van der Waals surface area contributed by atoms with E-state index in [1.165, 1.54) is 12.6 Å². The molecule has 0 radical (unpaired) electrons. The molecule has 6 nitrogen and oxygen atoms in total. The maximum absolute atomic E-state index is 12.7. The number of nitrogens with zero attached hydrogens (tertiary/aromatic N) is 3. The second kappa shape index (κ2) is 9.26. The number of alkyl halides is 3. The van der Waals surface area contributed by atoms with Gasteiger partial charge in [0.15, 0.2) is 5.69 Å². The molecule has 32 heavy (non-hydrogen) atoms. The van der Waals surface area contributed by atoms with E-state index >= 15 is 0 Å². The smallest absolute Gasteiger partial charge is 0.435 e. The standard InChI is InChI=1S/C23H28F3N3O3/c1-22(2,3)32-21(30)29-11-9-17(10-12-29)13-16-5-7-18(8-6-16)15-31-20-14-19(23(24,25)26)27-28(20)4/h5-8,13-14H,9-12,15H2,1-4H3. The van der Waals surface area contributed by atoms with Gasteiger partial charge in [-0.05, 0) is 44.7 Å². The molecule has 0 bridgehead atoms. The third-order valence-electron chi connectivity index (χ3n) is 4.92. The molecule has 1 fully saturated rings. The summed E-state index contributed by atoms with van der Waals surface area (Å²) in [7, 11) is 1.41. The summed E-state index contributed by atoms with van der Waals surface area (Å²) in [4.78, 5) is 13.9. The van der Waals surface area contributed by atoms with Crippen LogP contribution in [0.3, 0.4) is 0 Å². The number of ether oxygens (including phenoxy) is 2. The summed E-state index contributed by atoms with van der Waals surface area (Å²) in [6.45, 7) is 6.94. The van der Waals surface area contributed by atoms with Crippen LogP contribution in [-0.2, 0) is 24.6 Å². The van der Waals surface area contributed by atoms with Gasteiger partial charge in [-0.3, -0.25) is 0 Å². The molecule has 2 aromatic rings. The van der Waals surface area contributed by atoms with E-state index in [1.54, 1.807) is 4.90 Å². The molecule has 0 saturated carbocycles. The number of carbonyl (C=O) groups excluding carboxylic acids is 1. The average Bonchev–Trinajstić information content (AvgIpc) is 3.08. The third-order valence-corrected chi connectivity index (χ3v) is 4.92. The van der Waals surface area contributed by atoms with Crippen LogP contribution in [0.5, 0.6) is 5.88 Å². The number of piperidine rings is 1. The molecule has 9 heteroatoms. The number of benzene rings is 1. The van der Waals surface area contributed by atoms with Crippen LogP contribution in [0.2, 0.25) is 0 Å². The van der Waals surface area contributed by atoms with Gasteiger partial charge in [-0.15, -0.1) is 0 Å². The summed E-state index contributed by atoms with van der Waals surface area (Å²) in [6, 6.07) is 8.53. The summed E-state index contributed by atoms with van der Waals surface area (Å²) >= 11 is 0. The van der Waals surface area contributed by atoms with E-state index in [9.17, 15) is 18.0 Å². The lowest BCUT2D eigenvalue weighted by molar-refractivity contribution is -0.141. The van der Waals surface area contributed by atoms with E-state index in [-0.39, 0.29) is 18.6 Å². The van der Waals surface area contributed by atoms with Crippen molar-refractivity contribution in [1.29, 1.82) is 0 Å². The van der Waals surface area contributed by atoms with Gasteiger partial charge in [-0.2, -0.15) is 18.3 Å². The zero-order valence-corrected chi connectivity index (χ0v) is 18.7. The molecule has 1 aliphatic heterocycles. The minimum absolute atomic E-state index is 0.0558. The fourth-order valence-electron chi connectivity index (χ4n) is 3.27. The second-order valence-corrected chi connectivity index (χ2v) is 8.79. The topological polar surface area (TPSA) is 56.6 Å². The highest BCUT2D eigenvalue weighted by Gasteiger charge is 2.35. The fraction of sp³-hybridized carbons (Fsp3) is 0.478. The van der Waals surface area contributed by atoms with Gasteiger partial charge in [0.25, 0.3) is 0 Å². The van der Waals surface area contributed by atoms with Crippen molar-refractivity contribution in [3.8, 4) is 5.88 Å². The Hall–Kier alpha value is -2.97. The van der Waals surface area contributed by atoms with Crippen molar-refractivity contribution in [2.75, 3.05) is 13.1 Å². The number of aromatic nitrogens is 2. The van der Waals surface area contributed by atoms with Gasteiger partial charge in [-0.25, -0.2) is 9.48 Å². The van der Waals surface area contributed by atoms with Gasteiger partial charge in [0.2, 0.25) is 5.88 Å². The second-order valence-electron chi connectivity index (χ2n) is 8.79. The van der Waals surface area contributed by atoms with Gasteiger partial charge in [0.1, 0.15) is 12.2 Å². The maximum atomic E-state index is 12.7. The predicted octanol–water partition coefficient (Wildman–Crippen LogP) is 5.43. The molecular formula is C23H28F3N3O3. The molecule has 1 saturated heterocycles. The molecule has 3 rings (SSSR count). The molecule has 0 spiro atoms. The van der Waals surface area contributed by atoms with E-state index in [1.807, 2.05) is 45.0 Å². The summed E-state index contributed by atoms with van der Waals surface area (Å²) in [6.07, 6.45) is -1.11. The van der Waals surface area contributed by atoms with Crippen LogP contribution in [0.15, 0.2) is 35.9 Å². The van der Waals surface area contributed by atoms with Crippen molar-refractivity contribution in [2.45, 2.75) is 52.0 Å². The first-order valence-corrected chi connectivity index (χ1v) is 10.4. The molecule has 0 aliphatic carbocycles. The number of hydrogen-bond acceptors (Lipinski definition) is 4. The van der Waals surface area contributed by atoms with Crippen LogP contribution in [-0.4, -0.2) is 39.5 Å². The van der Waals surface area contributed by atoms with Crippen molar-refractivity contribution >= 4 is 12.2 Å². The number of hydrogen-bond donors (Lipinski definition) is 0. The van der Waals surface area contributed by atoms with Gasteiger partial charge >= 0.3 is 12.3 Å². The zero-order valence-electron chi connectivity index (χ0n) is 18.7. The highest BCUT2D eigenvalue weighted by molar-refractivity contribution is 5.68. The fourth-order valence-corrected chi connectivity index (χ4v) is 3.27. The third kappa shape index (κ3) is 6.51. The molecule has 0 atom stereocenters. The van der Waals surface area contributed by atoms with Gasteiger partial charge in [0.05, 0.1) is 0 Å². The zero-order chi connectivity index (χ0) is 23.5. The first-order valence-electron chi connectivity index (χ1n) is 10.4. The lowest BCUT2D eigenvalue weighted by Gasteiger charge is -2.31. The van der Waals surface area contributed by atoms with E-state index in [0.29, 0.717) is 13.1 Å². The van der Waals surface area contributed by atoms with Crippen LogP contribution in [0.1, 0.15) is 50.4 Å². The van der Waals surface area contributed by atoms with E-state index in [2.05, 4.69) is 11.2 Å². The Labute approximate surface area is 185 Å². The predicted molar refractivity (Wildman–Crippen MR) is 114 cm³/mol. The molecule has 174 valence electrons. The summed E-state index contributed by atoms with van der Waals surface area (Å²) in [5, 5.41) is 3.43. The lowest BCUT2D eigenvalue weighted by atomic mass is 10.0. The Morgan fingerprint density at radius 2 is 1.75 bits per heavy atom. The number of amides is 1. The first kappa shape index (κ1) is 23.7. The molecule has 0 unspecified atom stereocenters. The maximum Gasteiger partial charge on any atom is 0.435 e. The van der Waals surface area contributed by atoms with Crippen molar-refractivity contribution in [3.05, 3.63) is 52.7 Å². The van der Waals surface area contributed by atoms with Crippen molar-refractivity contribution < 1.29 is 27.4 Å². The van der Waals surface area contributed by atoms with E-state index in [4.69, 9.17) is 9.47 Å². The number of halogens is 3. The molecule has 1 aliphatic rings. The van der Waals surface area contributed by atoms with Gasteiger partial charge in [-0.1, -0.05) is 35.9 Å². The number of carbonyl (C=O) groups is 1. The Morgan fingerprint density at radius 3 is 2.28 bits per heavy atom. The van der Waals surface area contributed by atoms with E-state index in [0.717, 1.165) is 34.7 Å². The van der Waals surface area contributed by atoms with Crippen LogP contribution >= 0.6 is 0 Å². The minimum atomic E-state index is -4.50. The summed E-state index contributed by atoms with van der Waals surface area (Å²) in [5.74, 6) is 0.0558. The molecule has 1 amide bonds. The SMILES string of the molecule is Cn1nc(C(F)(F)F)cc1OCc1ccc(C=C2CCN(C(=O)OC(C)(C)C)CC2)cc1. The van der Waals surface area contributed by atoms with Crippen molar-refractivity contribution in [2.24, 2.45) is 7.05 Å². The lowest BCUT2D eigenvalue weighted by Crippen LogP contribution is -2.40. The van der Waals surface area contributed by atoms with Crippen molar-refractivity contribution in [1.82, 2.24) is 14.7 Å². The minimum Gasteiger partial charge on any atom is -0.473 e. The Bertz CT molecular complexity index is 963. The van der Waals surface area contributed by atoms with E-state index < -0.39 is 17.5 Å². The normalized spacial score (nSPS) is 15.0. The molecule has 1 aromatic heterocycles. The van der Waals surface area contributed by atoms with Gasteiger partial charge < -0.3 is 14.4 Å².